The monoisotopic (exact) mass is 302 g/mol. The van der Waals surface area contributed by atoms with Gasteiger partial charge in [-0.15, -0.1) is 0 Å². The molecule has 0 fully saturated rings. The molecule has 2 heterocycles. The molecule has 2 aromatic rings. The number of nitrogens with zero attached hydrogens (tertiary/aromatic N) is 2. The molecule has 0 spiro atoms. The fraction of sp³-hybridized carbons (Fsp3) is 0.312. The fourth-order valence-electron chi connectivity index (χ4n) is 2.37. The number of aromatic nitrogens is 2. The van der Waals surface area contributed by atoms with Crippen LogP contribution < -0.4 is 5.56 Å². The van der Waals surface area contributed by atoms with Crippen molar-refractivity contribution in [2.45, 2.75) is 19.3 Å². The van der Waals surface area contributed by atoms with Gasteiger partial charge in [-0.2, -0.15) is 0 Å². The summed E-state index contributed by atoms with van der Waals surface area (Å²) in [5.74, 6) is -1.20. The number of carbonyl (C=O) groups is 1. The smallest absolute Gasteiger partial charge is 0.306 e. The van der Waals surface area contributed by atoms with Gasteiger partial charge in [0.15, 0.2) is 0 Å². The minimum absolute atomic E-state index is 0.0476. The Morgan fingerprint density at radius 2 is 2.23 bits per heavy atom. The second kappa shape index (κ2) is 6.43. The van der Waals surface area contributed by atoms with Crippen molar-refractivity contribution < 1.29 is 14.6 Å². The summed E-state index contributed by atoms with van der Waals surface area (Å²) in [6.07, 6.45) is 3.13. The van der Waals surface area contributed by atoms with Crippen molar-refractivity contribution in [3.8, 4) is 5.75 Å². The van der Waals surface area contributed by atoms with E-state index in [0.717, 1.165) is 0 Å². The minimum atomic E-state index is -0.611. The number of pyridine rings is 2. The summed E-state index contributed by atoms with van der Waals surface area (Å²) in [5, 5.41) is 10.2. The summed E-state index contributed by atoms with van der Waals surface area (Å²) in [4.78, 5) is 28.3. The predicted octanol–water partition coefficient (Wildman–Crippen LogP) is 1.49. The van der Waals surface area contributed by atoms with Gasteiger partial charge >= 0.3 is 5.97 Å². The maximum atomic E-state index is 12.5. The summed E-state index contributed by atoms with van der Waals surface area (Å²) in [5.41, 5.74) is 1.14. The van der Waals surface area contributed by atoms with Crippen LogP contribution in [0, 0.1) is 6.92 Å². The molecule has 6 nitrogen and oxygen atoms in total. The first-order valence-corrected chi connectivity index (χ1v) is 6.82. The van der Waals surface area contributed by atoms with Crippen molar-refractivity contribution in [2.24, 2.45) is 7.05 Å². The Kier molecular flexibility index (Phi) is 4.60. The van der Waals surface area contributed by atoms with E-state index in [1.54, 1.807) is 38.5 Å². The Morgan fingerprint density at radius 3 is 2.82 bits per heavy atom. The second-order valence-electron chi connectivity index (χ2n) is 5.07. The molecule has 1 atom stereocenters. The number of hydrogen-bond donors (Lipinski definition) is 1. The van der Waals surface area contributed by atoms with Gasteiger partial charge in [-0.05, 0) is 24.6 Å². The van der Waals surface area contributed by atoms with Gasteiger partial charge in [0.25, 0.3) is 5.56 Å². The third-order valence-corrected chi connectivity index (χ3v) is 3.72. The van der Waals surface area contributed by atoms with Crippen LogP contribution >= 0.6 is 0 Å². The topological polar surface area (TPSA) is 81.4 Å². The molecule has 0 saturated heterocycles. The largest absolute Gasteiger partial charge is 0.507 e. The standard InChI is InChI=1S/C16H18N2O4/c1-10-7-13(19)15(16(21)18(10)2)12(8-14(20)22-3)11-5-4-6-17-9-11/h4-7,9,12,19H,8H2,1-3H3. The van der Waals surface area contributed by atoms with Crippen molar-refractivity contribution in [3.05, 3.63) is 57.8 Å². The molecule has 0 aliphatic heterocycles. The van der Waals surface area contributed by atoms with E-state index in [-0.39, 0.29) is 23.3 Å². The Hall–Kier alpha value is -2.63. The van der Waals surface area contributed by atoms with E-state index in [2.05, 4.69) is 4.98 Å². The maximum Gasteiger partial charge on any atom is 0.306 e. The van der Waals surface area contributed by atoms with Gasteiger partial charge in [0, 0.05) is 31.1 Å². The lowest BCUT2D eigenvalue weighted by atomic mass is 9.89. The van der Waals surface area contributed by atoms with E-state index in [0.29, 0.717) is 11.3 Å². The molecule has 116 valence electrons. The van der Waals surface area contributed by atoms with Crippen LogP contribution in [0.4, 0.5) is 0 Å². The van der Waals surface area contributed by atoms with Gasteiger partial charge in [-0.25, -0.2) is 0 Å². The Labute approximate surface area is 128 Å². The highest BCUT2D eigenvalue weighted by Gasteiger charge is 2.26. The van der Waals surface area contributed by atoms with Crippen molar-refractivity contribution in [1.29, 1.82) is 0 Å². The third kappa shape index (κ3) is 3.00. The van der Waals surface area contributed by atoms with Crippen LogP contribution in [0.3, 0.4) is 0 Å². The summed E-state index contributed by atoms with van der Waals surface area (Å²) >= 11 is 0. The molecule has 0 aromatic carbocycles. The molecular formula is C16H18N2O4. The molecule has 2 aromatic heterocycles. The van der Waals surface area contributed by atoms with Gasteiger partial charge in [-0.1, -0.05) is 6.07 Å². The molecule has 6 heteroatoms. The van der Waals surface area contributed by atoms with Crippen LogP contribution in [0.2, 0.25) is 0 Å². The van der Waals surface area contributed by atoms with Gasteiger partial charge < -0.3 is 14.4 Å². The van der Waals surface area contributed by atoms with Crippen LogP contribution in [-0.4, -0.2) is 27.7 Å². The Bertz CT molecular complexity index is 738. The summed E-state index contributed by atoms with van der Waals surface area (Å²) < 4.78 is 6.15. The van der Waals surface area contributed by atoms with Crippen LogP contribution in [0.15, 0.2) is 35.4 Å². The number of hydrogen-bond acceptors (Lipinski definition) is 5. The van der Waals surface area contributed by atoms with Crippen molar-refractivity contribution >= 4 is 5.97 Å². The van der Waals surface area contributed by atoms with E-state index in [4.69, 9.17) is 4.74 Å². The molecule has 0 aliphatic carbocycles. The molecule has 2 rings (SSSR count). The van der Waals surface area contributed by atoms with E-state index >= 15 is 0 Å². The number of methoxy groups -OCH3 is 1. The summed E-state index contributed by atoms with van der Waals surface area (Å²) in [6.45, 7) is 1.73. The normalized spacial score (nSPS) is 12.0. The molecule has 1 N–H and O–H groups in total. The lowest BCUT2D eigenvalue weighted by Crippen LogP contribution is -2.26. The second-order valence-corrected chi connectivity index (χ2v) is 5.07. The molecule has 0 radical (unpaired) electrons. The van der Waals surface area contributed by atoms with Gasteiger partial charge in [0.05, 0.1) is 19.1 Å². The lowest BCUT2D eigenvalue weighted by Gasteiger charge is -2.18. The number of carbonyl (C=O) groups excluding carboxylic acids is 1. The molecule has 1 unspecified atom stereocenters. The third-order valence-electron chi connectivity index (χ3n) is 3.72. The average molecular weight is 302 g/mol. The van der Waals surface area contributed by atoms with Crippen molar-refractivity contribution in [3.63, 3.8) is 0 Å². The highest BCUT2D eigenvalue weighted by molar-refractivity contribution is 5.71. The maximum absolute atomic E-state index is 12.5. The fourth-order valence-corrected chi connectivity index (χ4v) is 2.37. The first-order chi connectivity index (χ1) is 10.5. The number of aryl methyl sites for hydroxylation is 1. The molecular weight excluding hydrogens is 284 g/mol. The van der Waals surface area contributed by atoms with Crippen LogP contribution in [0.25, 0.3) is 0 Å². The van der Waals surface area contributed by atoms with Gasteiger partial charge in [0.1, 0.15) is 5.75 Å². The first kappa shape index (κ1) is 15.8. The highest BCUT2D eigenvalue weighted by atomic mass is 16.5. The number of ether oxygens (including phenoxy) is 1. The van der Waals surface area contributed by atoms with E-state index in [1.807, 2.05) is 0 Å². The number of rotatable bonds is 4. The lowest BCUT2D eigenvalue weighted by molar-refractivity contribution is -0.140. The van der Waals surface area contributed by atoms with Gasteiger partial charge in [0.2, 0.25) is 0 Å². The Balaban J connectivity index is 2.63. The average Bonchev–Trinajstić information content (AvgIpc) is 2.52. The molecule has 0 aliphatic rings. The predicted molar refractivity (Wildman–Crippen MR) is 80.8 cm³/mol. The van der Waals surface area contributed by atoms with E-state index in [1.165, 1.54) is 17.7 Å². The van der Waals surface area contributed by atoms with Gasteiger partial charge in [-0.3, -0.25) is 14.6 Å². The molecule has 0 amide bonds. The molecule has 0 bridgehead atoms. The number of aromatic hydroxyl groups is 1. The summed E-state index contributed by atoms with van der Waals surface area (Å²) in [6, 6.07) is 4.99. The highest BCUT2D eigenvalue weighted by Crippen LogP contribution is 2.31. The van der Waals surface area contributed by atoms with Crippen molar-refractivity contribution in [1.82, 2.24) is 9.55 Å². The van der Waals surface area contributed by atoms with Crippen molar-refractivity contribution in [2.75, 3.05) is 7.11 Å². The zero-order chi connectivity index (χ0) is 16.3. The molecule has 0 saturated carbocycles. The zero-order valence-electron chi connectivity index (χ0n) is 12.7. The van der Waals surface area contributed by atoms with E-state index in [9.17, 15) is 14.7 Å². The first-order valence-electron chi connectivity index (χ1n) is 6.82. The minimum Gasteiger partial charge on any atom is -0.507 e. The van der Waals surface area contributed by atoms with Crippen LogP contribution in [0.1, 0.15) is 29.2 Å². The number of esters is 1. The zero-order valence-corrected chi connectivity index (χ0v) is 12.7. The quantitative estimate of drug-likeness (QED) is 0.865. The SMILES string of the molecule is COC(=O)CC(c1cccnc1)c1c(O)cc(C)n(C)c1=O. The summed E-state index contributed by atoms with van der Waals surface area (Å²) in [7, 11) is 2.91. The van der Waals surface area contributed by atoms with Crippen LogP contribution in [0.5, 0.6) is 5.75 Å². The van der Waals surface area contributed by atoms with E-state index < -0.39 is 11.9 Å². The molecule has 22 heavy (non-hydrogen) atoms. The van der Waals surface area contributed by atoms with Crippen LogP contribution in [-0.2, 0) is 16.6 Å². The Morgan fingerprint density at radius 1 is 1.50 bits per heavy atom.